The van der Waals surface area contributed by atoms with Crippen molar-refractivity contribution < 1.29 is 29.3 Å². The molecule has 2 N–H and O–H groups in total. The van der Waals surface area contributed by atoms with E-state index >= 15 is 0 Å². The van der Waals surface area contributed by atoms with E-state index in [0.717, 1.165) is 32.1 Å². The number of hydrogen-bond donors (Lipinski definition) is 2. The maximum atomic E-state index is 11.9. The summed E-state index contributed by atoms with van der Waals surface area (Å²) in [6.45, 7) is 4.11. The average Bonchev–Trinajstić information content (AvgIpc) is 2.98. The molecule has 0 aromatic carbocycles. The van der Waals surface area contributed by atoms with Gasteiger partial charge in [0.2, 0.25) is 0 Å². The van der Waals surface area contributed by atoms with Crippen LogP contribution < -0.4 is 0 Å². The lowest BCUT2D eigenvalue weighted by atomic mass is 10.1. The van der Waals surface area contributed by atoms with Crippen molar-refractivity contribution in [2.45, 2.75) is 154 Å². The van der Waals surface area contributed by atoms with Crippen molar-refractivity contribution in [3.05, 3.63) is 48.6 Å². The molecule has 0 aliphatic carbocycles. The molecule has 0 fully saturated rings. The number of rotatable bonds is 29. The Kier molecular flexibility index (Phi) is 30.1. The summed E-state index contributed by atoms with van der Waals surface area (Å²) in [4.78, 5) is 23.7. The Balaban J connectivity index is 3.69. The van der Waals surface area contributed by atoms with Crippen LogP contribution in [0.3, 0.4) is 0 Å². The topological polar surface area (TPSA) is 93.1 Å². The number of aliphatic hydroxyl groups is 2. The van der Waals surface area contributed by atoms with Gasteiger partial charge in [-0.3, -0.25) is 9.59 Å². The van der Waals surface area contributed by atoms with E-state index in [9.17, 15) is 19.8 Å². The van der Waals surface area contributed by atoms with Gasteiger partial charge in [0.1, 0.15) is 19.3 Å². The van der Waals surface area contributed by atoms with E-state index in [1.54, 1.807) is 6.08 Å². The van der Waals surface area contributed by atoms with E-state index in [1.807, 2.05) is 24.3 Å². The van der Waals surface area contributed by atoms with Gasteiger partial charge in [-0.1, -0.05) is 133 Å². The van der Waals surface area contributed by atoms with E-state index in [0.29, 0.717) is 25.7 Å². The van der Waals surface area contributed by atoms with Crippen LogP contribution in [-0.2, 0) is 19.1 Å². The fraction of sp³-hybridized carbons (Fsp3) is 0.722. The van der Waals surface area contributed by atoms with Crippen molar-refractivity contribution in [1.29, 1.82) is 0 Å². The third-order valence-electron chi connectivity index (χ3n) is 6.90. The number of carbonyl (C=O) groups excluding carboxylic acids is 2. The molecule has 0 saturated carbocycles. The Hall–Kier alpha value is -2.18. The molecule has 1 unspecified atom stereocenters. The molecule has 0 aliphatic rings. The van der Waals surface area contributed by atoms with Gasteiger partial charge in [0.25, 0.3) is 0 Å². The normalized spacial score (nSPS) is 13.5. The van der Waals surface area contributed by atoms with Crippen LogP contribution in [0, 0.1) is 0 Å². The Morgan fingerprint density at radius 3 is 1.76 bits per heavy atom. The highest BCUT2D eigenvalue weighted by atomic mass is 16.6. The zero-order chi connectivity index (χ0) is 30.9. The van der Waals surface area contributed by atoms with Crippen molar-refractivity contribution >= 4 is 11.9 Å². The number of ether oxygens (including phenoxy) is 2. The number of allylic oxidation sites excluding steroid dienone is 6. The molecule has 6 nitrogen and oxygen atoms in total. The van der Waals surface area contributed by atoms with Gasteiger partial charge in [-0.2, -0.15) is 0 Å². The van der Waals surface area contributed by atoms with Gasteiger partial charge in [0.05, 0.1) is 6.10 Å². The summed E-state index contributed by atoms with van der Waals surface area (Å²) in [6, 6.07) is 0. The van der Waals surface area contributed by atoms with Gasteiger partial charge < -0.3 is 19.7 Å². The van der Waals surface area contributed by atoms with Gasteiger partial charge in [-0.15, -0.1) is 0 Å². The molecule has 0 aliphatic heterocycles. The standard InChI is InChI=1S/C36H62O6/c1-3-5-7-9-11-13-15-17-21-25-29-35(39)41-31-34(38)32-42-36(40)30-26-22-18-20-24-28-33(37)27-23-19-16-14-12-10-8-6-4-2/h12,14,18-20,23-24,28,33-34,37-38H,3-11,13,15-17,21-22,25-27,29-32H2,1-2H3/b14-12-,20-18+,23-19-,28-24-/t33?,34-/m0/s1. The van der Waals surface area contributed by atoms with Crippen molar-refractivity contribution in [2.75, 3.05) is 13.2 Å². The molecule has 0 heterocycles. The highest BCUT2D eigenvalue weighted by Crippen LogP contribution is 2.11. The molecule has 0 bridgehead atoms. The lowest BCUT2D eigenvalue weighted by Crippen LogP contribution is -2.25. The zero-order valence-electron chi connectivity index (χ0n) is 26.9. The van der Waals surface area contributed by atoms with Crippen LogP contribution in [0.15, 0.2) is 48.6 Å². The Morgan fingerprint density at radius 1 is 0.595 bits per heavy atom. The number of aliphatic hydroxyl groups excluding tert-OH is 2. The molecule has 42 heavy (non-hydrogen) atoms. The fourth-order valence-electron chi connectivity index (χ4n) is 4.27. The first-order valence-corrected chi connectivity index (χ1v) is 16.8. The van der Waals surface area contributed by atoms with Crippen LogP contribution in [0.5, 0.6) is 0 Å². The number of hydrogen-bond acceptors (Lipinski definition) is 6. The van der Waals surface area contributed by atoms with Crippen LogP contribution in [0.25, 0.3) is 0 Å². The van der Waals surface area contributed by atoms with Crippen LogP contribution in [-0.4, -0.2) is 47.6 Å². The number of unbranched alkanes of at least 4 members (excludes halogenated alkanes) is 13. The lowest BCUT2D eigenvalue weighted by Gasteiger charge is -2.12. The molecule has 0 radical (unpaired) electrons. The van der Waals surface area contributed by atoms with Crippen molar-refractivity contribution in [3.63, 3.8) is 0 Å². The summed E-state index contributed by atoms with van der Waals surface area (Å²) in [5, 5.41) is 19.9. The summed E-state index contributed by atoms with van der Waals surface area (Å²) < 4.78 is 10.2. The van der Waals surface area contributed by atoms with E-state index in [-0.39, 0.29) is 31.6 Å². The summed E-state index contributed by atoms with van der Waals surface area (Å²) in [5.41, 5.74) is 0. The third kappa shape index (κ3) is 30.8. The molecule has 0 saturated heterocycles. The molecule has 6 heteroatoms. The highest BCUT2D eigenvalue weighted by Gasteiger charge is 2.11. The molecule has 0 aromatic heterocycles. The minimum absolute atomic E-state index is 0.156. The highest BCUT2D eigenvalue weighted by molar-refractivity contribution is 5.69. The summed E-state index contributed by atoms with van der Waals surface area (Å²) in [5.74, 6) is -0.696. The van der Waals surface area contributed by atoms with Crippen LogP contribution >= 0.6 is 0 Å². The van der Waals surface area contributed by atoms with E-state index in [1.165, 1.54) is 64.2 Å². The van der Waals surface area contributed by atoms with Crippen LogP contribution in [0.4, 0.5) is 0 Å². The first-order valence-electron chi connectivity index (χ1n) is 16.8. The second-order valence-corrected chi connectivity index (χ2v) is 11.1. The molecular formula is C36H62O6. The molecule has 242 valence electrons. The second-order valence-electron chi connectivity index (χ2n) is 11.1. The van der Waals surface area contributed by atoms with Crippen LogP contribution in [0.1, 0.15) is 142 Å². The van der Waals surface area contributed by atoms with Gasteiger partial charge in [-0.25, -0.2) is 0 Å². The third-order valence-corrected chi connectivity index (χ3v) is 6.90. The predicted molar refractivity (Wildman–Crippen MR) is 174 cm³/mol. The second kappa shape index (κ2) is 31.7. The maximum Gasteiger partial charge on any atom is 0.305 e. The van der Waals surface area contributed by atoms with Gasteiger partial charge in [0.15, 0.2) is 0 Å². The molecule has 0 spiro atoms. The summed E-state index contributed by atoms with van der Waals surface area (Å²) in [6.07, 6.45) is 34.7. The first kappa shape index (κ1) is 39.8. The monoisotopic (exact) mass is 590 g/mol. The van der Waals surface area contributed by atoms with Gasteiger partial charge in [-0.05, 0) is 44.9 Å². The average molecular weight is 591 g/mol. The smallest absolute Gasteiger partial charge is 0.305 e. The number of esters is 2. The molecule has 0 rings (SSSR count). The van der Waals surface area contributed by atoms with Crippen LogP contribution in [0.2, 0.25) is 0 Å². The minimum atomic E-state index is -1.01. The molecule has 2 atom stereocenters. The molecular weight excluding hydrogens is 528 g/mol. The lowest BCUT2D eigenvalue weighted by molar-refractivity contribution is -0.152. The number of carbonyl (C=O) groups is 2. The van der Waals surface area contributed by atoms with Gasteiger partial charge >= 0.3 is 11.9 Å². The maximum absolute atomic E-state index is 11.9. The van der Waals surface area contributed by atoms with Crippen molar-refractivity contribution in [2.24, 2.45) is 0 Å². The fourth-order valence-corrected chi connectivity index (χ4v) is 4.27. The van der Waals surface area contributed by atoms with Gasteiger partial charge in [0, 0.05) is 12.8 Å². The zero-order valence-corrected chi connectivity index (χ0v) is 26.9. The van der Waals surface area contributed by atoms with E-state index in [2.05, 4.69) is 32.1 Å². The van der Waals surface area contributed by atoms with Crippen molar-refractivity contribution in [3.8, 4) is 0 Å². The van der Waals surface area contributed by atoms with E-state index < -0.39 is 12.2 Å². The Morgan fingerprint density at radius 2 is 1.12 bits per heavy atom. The minimum Gasteiger partial charge on any atom is -0.463 e. The largest absolute Gasteiger partial charge is 0.463 e. The molecule has 0 amide bonds. The Labute approximate surface area is 257 Å². The van der Waals surface area contributed by atoms with Crippen molar-refractivity contribution in [1.82, 2.24) is 0 Å². The summed E-state index contributed by atoms with van der Waals surface area (Å²) in [7, 11) is 0. The van der Waals surface area contributed by atoms with E-state index in [4.69, 9.17) is 9.47 Å². The quantitative estimate of drug-likeness (QED) is 0.0391. The predicted octanol–water partition coefficient (Wildman–Crippen LogP) is 8.86. The molecule has 0 aromatic rings. The Bertz CT molecular complexity index is 739. The summed E-state index contributed by atoms with van der Waals surface area (Å²) >= 11 is 0. The first-order chi connectivity index (χ1) is 20.5. The SMILES string of the molecule is CCCCC/C=C\C/C=C\CC(O)/C=C\C=C\CCCC(=O)OC[C@@H](O)COC(=O)CCCCCCCCCCCC.